The van der Waals surface area contributed by atoms with Crippen LogP contribution in [0.2, 0.25) is 0 Å². The highest BCUT2D eigenvalue weighted by Crippen LogP contribution is 2.39. The van der Waals surface area contributed by atoms with Crippen LogP contribution in [0.3, 0.4) is 0 Å². The van der Waals surface area contributed by atoms with Gasteiger partial charge >= 0.3 is 0 Å². The van der Waals surface area contributed by atoms with Crippen LogP contribution in [0.15, 0.2) is 60.7 Å². The molecule has 6 rings (SSSR count). The Morgan fingerprint density at radius 3 is 2.39 bits per heavy atom. The molecule has 5 aromatic rings. The Labute approximate surface area is 132 Å². The average Bonchev–Trinajstić information content (AvgIpc) is 3.18. The predicted octanol–water partition coefficient (Wildman–Crippen LogP) is 6.11. The minimum atomic E-state index is 1.20. The quantitative estimate of drug-likeness (QED) is 0.325. The Bertz CT molecular complexity index is 1300. The molecular weight excluding hydrogens is 278 g/mol. The van der Waals surface area contributed by atoms with Gasteiger partial charge in [-0.1, -0.05) is 60.7 Å². The molecule has 0 fully saturated rings. The third kappa shape index (κ3) is 1.33. The standard InChI is InChI=1S/C22H13N/c1-2-7-20-16(5-1)18-11-10-15-17-6-3-4-13-8-9-14(21(13)17)12-19(15)22(18)23-20/h1-12,23H. The lowest BCUT2D eigenvalue weighted by Crippen LogP contribution is -1.83. The summed E-state index contributed by atoms with van der Waals surface area (Å²) >= 11 is 0. The van der Waals surface area contributed by atoms with Crippen LogP contribution >= 0.6 is 0 Å². The molecule has 1 aromatic heterocycles. The van der Waals surface area contributed by atoms with Crippen molar-refractivity contribution >= 4 is 55.5 Å². The smallest absolute Gasteiger partial charge is 0.0544 e. The summed E-state index contributed by atoms with van der Waals surface area (Å²) in [5.74, 6) is 0. The first-order valence-electron chi connectivity index (χ1n) is 7.97. The second-order valence-electron chi connectivity index (χ2n) is 6.32. The van der Waals surface area contributed by atoms with E-state index in [0.29, 0.717) is 0 Å². The summed E-state index contributed by atoms with van der Waals surface area (Å²) in [6.45, 7) is 0. The number of hydrogen-bond acceptors (Lipinski definition) is 0. The van der Waals surface area contributed by atoms with Crippen molar-refractivity contribution in [3.8, 4) is 0 Å². The van der Waals surface area contributed by atoms with Gasteiger partial charge in [-0.25, -0.2) is 0 Å². The van der Waals surface area contributed by atoms with Gasteiger partial charge in [-0.3, -0.25) is 0 Å². The summed E-state index contributed by atoms with van der Waals surface area (Å²) in [7, 11) is 0. The lowest BCUT2D eigenvalue weighted by molar-refractivity contribution is 1.56. The van der Waals surface area contributed by atoms with Gasteiger partial charge in [-0.05, 0) is 39.4 Å². The molecule has 0 aliphatic heterocycles. The van der Waals surface area contributed by atoms with Crippen LogP contribution in [0.5, 0.6) is 0 Å². The number of benzene rings is 4. The van der Waals surface area contributed by atoms with E-state index >= 15 is 0 Å². The lowest BCUT2D eigenvalue weighted by Gasteiger charge is -2.08. The molecule has 0 amide bonds. The van der Waals surface area contributed by atoms with E-state index in [1.165, 1.54) is 54.5 Å². The molecule has 0 saturated carbocycles. The van der Waals surface area contributed by atoms with Crippen LogP contribution in [0.4, 0.5) is 0 Å². The van der Waals surface area contributed by atoms with Gasteiger partial charge in [0.05, 0.1) is 5.52 Å². The molecule has 0 atom stereocenters. The molecule has 1 nitrogen and oxygen atoms in total. The number of para-hydroxylation sites is 1. The molecule has 0 spiro atoms. The number of H-pyrrole nitrogens is 1. The highest BCUT2D eigenvalue weighted by atomic mass is 14.7. The van der Waals surface area contributed by atoms with Crippen LogP contribution in [-0.2, 0) is 0 Å². The van der Waals surface area contributed by atoms with Crippen LogP contribution < -0.4 is 0 Å². The van der Waals surface area contributed by atoms with Crippen LogP contribution in [0.25, 0.3) is 55.5 Å². The van der Waals surface area contributed by atoms with Gasteiger partial charge in [0.15, 0.2) is 0 Å². The largest absolute Gasteiger partial charge is 0.354 e. The molecular formula is C22H13N. The van der Waals surface area contributed by atoms with Crippen molar-refractivity contribution in [3.63, 3.8) is 0 Å². The van der Waals surface area contributed by atoms with E-state index in [4.69, 9.17) is 0 Å². The van der Waals surface area contributed by atoms with Gasteiger partial charge in [0.2, 0.25) is 0 Å². The summed E-state index contributed by atoms with van der Waals surface area (Å²) < 4.78 is 0. The Kier molecular flexibility index (Phi) is 1.91. The molecule has 1 heterocycles. The molecule has 0 radical (unpaired) electrons. The molecule has 0 saturated heterocycles. The zero-order valence-corrected chi connectivity index (χ0v) is 12.4. The second kappa shape index (κ2) is 3.82. The molecule has 23 heavy (non-hydrogen) atoms. The summed E-state index contributed by atoms with van der Waals surface area (Å²) in [5.41, 5.74) is 5.11. The maximum atomic E-state index is 3.63. The maximum absolute atomic E-state index is 3.63. The number of aromatic nitrogens is 1. The molecule has 1 heteroatoms. The van der Waals surface area contributed by atoms with Crippen molar-refractivity contribution in [2.75, 3.05) is 0 Å². The monoisotopic (exact) mass is 291 g/mol. The first-order valence-corrected chi connectivity index (χ1v) is 7.97. The fraction of sp³-hybridized carbons (Fsp3) is 0. The van der Waals surface area contributed by atoms with Crippen molar-refractivity contribution in [3.05, 3.63) is 71.8 Å². The zero-order valence-electron chi connectivity index (χ0n) is 12.4. The normalized spacial score (nSPS) is 13.0. The van der Waals surface area contributed by atoms with E-state index in [0.717, 1.165) is 0 Å². The topological polar surface area (TPSA) is 15.8 Å². The number of nitrogens with one attached hydrogen (secondary N) is 1. The third-order valence-electron chi connectivity index (χ3n) is 5.14. The minimum absolute atomic E-state index is 1.20. The molecule has 1 N–H and O–H groups in total. The lowest BCUT2D eigenvalue weighted by atomic mass is 9.96. The molecule has 0 unspecified atom stereocenters. The second-order valence-corrected chi connectivity index (χ2v) is 6.32. The summed E-state index contributed by atoms with van der Waals surface area (Å²) in [6.07, 6.45) is 4.46. The van der Waals surface area contributed by atoms with Gasteiger partial charge in [0.25, 0.3) is 0 Å². The number of fused-ring (bicyclic) bond motifs is 6. The van der Waals surface area contributed by atoms with E-state index in [2.05, 4.69) is 77.8 Å². The Morgan fingerprint density at radius 2 is 1.39 bits per heavy atom. The molecule has 1 aliphatic carbocycles. The van der Waals surface area contributed by atoms with E-state index in [-0.39, 0.29) is 0 Å². The Morgan fingerprint density at radius 1 is 0.565 bits per heavy atom. The van der Waals surface area contributed by atoms with Crippen LogP contribution in [0, 0.1) is 0 Å². The van der Waals surface area contributed by atoms with Crippen LogP contribution in [-0.4, -0.2) is 4.98 Å². The first kappa shape index (κ1) is 11.5. The van der Waals surface area contributed by atoms with Gasteiger partial charge in [0.1, 0.15) is 0 Å². The van der Waals surface area contributed by atoms with Gasteiger partial charge in [-0.15, -0.1) is 0 Å². The van der Waals surface area contributed by atoms with Crippen LogP contribution in [0.1, 0.15) is 11.1 Å². The number of hydrogen-bond donors (Lipinski definition) is 1. The van der Waals surface area contributed by atoms with Crippen molar-refractivity contribution in [1.82, 2.24) is 4.98 Å². The highest BCUT2D eigenvalue weighted by Gasteiger charge is 2.14. The van der Waals surface area contributed by atoms with Crippen molar-refractivity contribution in [1.29, 1.82) is 0 Å². The minimum Gasteiger partial charge on any atom is -0.354 e. The van der Waals surface area contributed by atoms with Crippen molar-refractivity contribution < 1.29 is 0 Å². The van der Waals surface area contributed by atoms with Gasteiger partial charge in [-0.2, -0.15) is 0 Å². The number of rotatable bonds is 0. The summed E-state index contributed by atoms with van der Waals surface area (Å²) in [5, 5.41) is 7.97. The van der Waals surface area contributed by atoms with Crippen molar-refractivity contribution in [2.45, 2.75) is 0 Å². The zero-order chi connectivity index (χ0) is 15.0. The van der Waals surface area contributed by atoms with E-state index < -0.39 is 0 Å². The highest BCUT2D eigenvalue weighted by molar-refractivity contribution is 6.24. The fourth-order valence-electron chi connectivity index (χ4n) is 4.12. The SMILES string of the molecule is C1=Cc2cc3c(ccc4c5ccccc5[nH]c43)c3cccc1c23. The molecule has 0 bridgehead atoms. The fourth-order valence-corrected chi connectivity index (χ4v) is 4.12. The van der Waals surface area contributed by atoms with E-state index in [1.807, 2.05) is 0 Å². The van der Waals surface area contributed by atoms with Gasteiger partial charge in [0, 0.05) is 21.7 Å². The predicted molar refractivity (Wildman–Crippen MR) is 99.7 cm³/mol. The van der Waals surface area contributed by atoms with Crippen molar-refractivity contribution in [2.24, 2.45) is 0 Å². The van der Waals surface area contributed by atoms with E-state index in [9.17, 15) is 0 Å². The first-order chi connectivity index (χ1) is 11.4. The van der Waals surface area contributed by atoms with E-state index in [1.54, 1.807) is 0 Å². The Hall–Kier alpha value is -3.06. The molecule has 1 aliphatic rings. The maximum Gasteiger partial charge on any atom is 0.0544 e. The van der Waals surface area contributed by atoms with Gasteiger partial charge < -0.3 is 4.98 Å². The summed E-state index contributed by atoms with van der Waals surface area (Å²) in [4.78, 5) is 3.63. The molecule has 4 aromatic carbocycles. The molecule has 106 valence electrons. The average molecular weight is 291 g/mol. The number of aromatic amines is 1. The third-order valence-corrected chi connectivity index (χ3v) is 5.14. The summed E-state index contributed by atoms with van der Waals surface area (Å²) in [6, 6.07) is 22.0. The Balaban J connectivity index is 1.93.